The minimum Gasteiger partial charge on any atom is -0.381 e. The molecule has 96 valence electrons. The summed E-state index contributed by atoms with van der Waals surface area (Å²) >= 11 is 0. The monoisotopic (exact) mass is 248 g/mol. The van der Waals surface area contributed by atoms with Gasteiger partial charge in [0.2, 0.25) is 0 Å². The molecule has 3 N–H and O–H groups in total. The number of ether oxygens (including phenoxy) is 1. The summed E-state index contributed by atoms with van der Waals surface area (Å²) in [5, 5.41) is 0.947. The van der Waals surface area contributed by atoms with Gasteiger partial charge in [-0.3, -0.25) is 0 Å². The zero-order chi connectivity index (χ0) is 12.6. The van der Waals surface area contributed by atoms with Crippen molar-refractivity contribution in [3.8, 4) is 0 Å². The fourth-order valence-electron chi connectivity index (χ4n) is 2.90. The number of nitrogens with one attached hydrogen (secondary N) is 1. The van der Waals surface area contributed by atoms with Crippen molar-refractivity contribution in [3.63, 3.8) is 0 Å². The highest BCUT2D eigenvalue weighted by atomic mass is 19.1. The second-order valence-electron chi connectivity index (χ2n) is 4.96. The number of hydrogen-bond donors (Lipinski definition) is 2. The molecular weight excluding hydrogens is 231 g/mol. The SMILES string of the molecule is NCC1(c2c[nH]c3c(F)cccc23)CCOCC1. The van der Waals surface area contributed by atoms with E-state index < -0.39 is 0 Å². The van der Waals surface area contributed by atoms with Gasteiger partial charge in [-0.2, -0.15) is 0 Å². The zero-order valence-electron chi connectivity index (χ0n) is 10.2. The molecule has 2 aromatic rings. The molecule has 0 spiro atoms. The molecule has 1 aliphatic heterocycles. The fourth-order valence-corrected chi connectivity index (χ4v) is 2.90. The van der Waals surface area contributed by atoms with Crippen LogP contribution in [0.4, 0.5) is 4.39 Å². The molecule has 4 heteroatoms. The molecule has 1 aromatic heterocycles. The maximum Gasteiger partial charge on any atom is 0.147 e. The second-order valence-corrected chi connectivity index (χ2v) is 4.96. The van der Waals surface area contributed by atoms with Crippen molar-refractivity contribution in [1.29, 1.82) is 0 Å². The summed E-state index contributed by atoms with van der Waals surface area (Å²) in [5.41, 5.74) is 7.62. The van der Waals surface area contributed by atoms with Crippen LogP contribution in [0.15, 0.2) is 24.4 Å². The van der Waals surface area contributed by atoms with Gasteiger partial charge in [-0.05, 0) is 24.5 Å². The summed E-state index contributed by atoms with van der Waals surface area (Å²) in [5.74, 6) is -0.210. The molecule has 3 nitrogen and oxygen atoms in total. The van der Waals surface area contributed by atoms with Gasteiger partial charge in [-0.15, -0.1) is 0 Å². The van der Waals surface area contributed by atoms with Crippen LogP contribution >= 0.6 is 0 Å². The minimum absolute atomic E-state index is 0.0791. The molecule has 2 heterocycles. The molecule has 0 radical (unpaired) electrons. The maximum atomic E-state index is 13.7. The Balaban J connectivity index is 2.15. The lowest BCUT2D eigenvalue weighted by atomic mass is 9.74. The van der Waals surface area contributed by atoms with E-state index in [9.17, 15) is 4.39 Å². The Hall–Kier alpha value is -1.39. The highest BCUT2D eigenvalue weighted by Crippen LogP contribution is 2.38. The normalized spacial score (nSPS) is 19.2. The average Bonchev–Trinajstić information content (AvgIpc) is 2.85. The van der Waals surface area contributed by atoms with Gasteiger partial charge in [0, 0.05) is 36.8 Å². The zero-order valence-corrected chi connectivity index (χ0v) is 10.2. The molecule has 0 unspecified atom stereocenters. The number of aromatic amines is 1. The van der Waals surface area contributed by atoms with Crippen molar-refractivity contribution in [1.82, 2.24) is 4.98 Å². The van der Waals surface area contributed by atoms with Crippen molar-refractivity contribution in [2.75, 3.05) is 19.8 Å². The summed E-state index contributed by atoms with van der Waals surface area (Å²) in [6.07, 6.45) is 3.70. The first-order valence-corrected chi connectivity index (χ1v) is 6.31. The molecule has 1 saturated heterocycles. The van der Waals surface area contributed by atoms with Crippen molar-refractivity contribution in [3.05, 3.63) is 35.8 Å². The van der Waals surface area contributed by atoms with E-state index in [-0.39, 0.29) is 11.2 Å². The number of hydrogen-bond acceptors (Lipinski definition) is 2. The van der Waals surface area contributed by atoms with E-state index in [0.717, 1.165) is 37.0 Å². The number of rotatable bonds is 2. The van der Waals surface area contributed by atoms with E-state index in [2.05, 4.69) is 4.98 Å². The third-order valence-electron chi connectivity index (χ3n) is 4.08. The average molecular weight is 248 g/mol. The fraction of sp³-hybridized carbons (Fsp3) is 0.429. The van der Waals surface area contributed by atoms with Gasteiger partial charge in [-0.25, -0.2) is 4.39 Å². The smallest absolute Gasteiger partial charge is 0.147 e. The Morgan fingerprint density at radius 1 is 1.33 bits per heavy atom. The molecular formula is C14H17FN2O. The van der Waals surface area contributed by atoms with E-state index in [0.29, 0.717) is 12.1 Å². The van der Waals surface area contributed by atoms with Gasteiger partial charge >= 0.3 is 0 Å². The predicted molar refractivity (Wildman–Crippen MR) is 69.0 cm³/mol. The summed E-state index contributed by atoms with van der Waals surface area (Å²) in [7, 11) is 0. The first-order valence-electron chi connectivity index (χ1n) is 6.31. The van der Waals surface area contributed by atoms with Gasteiger partial charge in [-0.1, -0.05) is 12.1 Å². The molecule has 0 amide bonds. The predicted octanol–water partition coefficient (Wildman–Crippen LogP) is 2.31. The Labute approximate surface area is 105 Å². The quantitative estimate of drug-likeness (QED) is 0.857. The van der Waals surface area contributed by atoms with E-state index in [1.165, 1.54) is 6.07 Å². The van der Waals surface area contributed by atoms with Gasteiger partial charge in [0.25, 0.3) is 0 Å². The van der Waals surface area contributed by atoms with Crippen LogP contribution in [0.25, 0.3) is 10.9 Å². The Morgan fingerprint density at radius 3 is 2.83 bits per heavy atom. The summed E-state index contributed by atoms with van der Waals surface area (Å²) in [4.78, 5) is 3.04. The largest absolute Gasteiger partial charge is 0.381 e. The minimum atomic E-state index is -0.210. The van der Waals surface area contributed by atoms with E-state index in [1.807, 2.05) is 12.3 Å². The summed E-state index contributed by atoms with van der Waals surface area (Å²) in [6, 6.07) is 5.18. The molecule has 0 bridgehead atoms. The van der Waals surface area contributed by atoms with Gasteiger partial charge in [0.1, 0.15) is 5.82 Å². The number of H-pyrrole nitrogens is 1. The number of halogens is 1. The Morgan fingerprint density at radius 2 is 2.11 bits per heavy atom. The highest BCUT2D eigenvalue weighted by molar-refractivity contribution is 5.84. The lowest BCUT2D eigenvalue weighted by Crippen LogP contribution is -2.40. The van der Waals surface area contributed by atoms with Gasteiger partial charge in [0.15, 0.2) is 0 Å². The molecule has 0 saturated carbocycles. The van der Waals surface area contributed by atoms with Crippen molar-refractivity contribution in [2.45, 2.75) is 18.3 Å². The molecule has 1 aromatic carbocycles. The van der Waals surface area contributed by atoms with Crippen LogP contribution in [-0.2, 0) is 10.2 Å². The van der Waals surface area contributed by atoms with Crippen LogP contribution in [0.2, 0.25) is 0 Å². The van der Waals surface area contributed by atoms with Gasteiger partial charge < -0.3 is 15.5 Å². The van der Waals surface area contributed by atoms with Gasteiger partial charge in [0.05, 0.1) is 5.52 Å². The van der Waals surface area contributed by atoms with E-state index >= 15 is 0 Å². The highest BCUT2D eigenvalue weighted by Gasteiger charge is 2.35. The van der Waals surface area contributed by atoms with Crippen molar-refractivity contribution >= 4 is 10.9 Å². The Bertz CT molecular complexity index is 558. The molecule has 1 aliphatic rings. The Kier molecular flexibility index (Phi) is 2.84. The van der Waals surface area contributed by atoms with E-state index in [4.69, 9.17) is 10.5 Å². The number of fused-ring (bicyclic) bond motifs is 1. The van der Waals surface area contributed by atoms with Crippen LogP contribution in [0.3, 0.4) is 0 Å². The first kappa shape index (κ1) is 11.7. The van der Waals surface area contributed by atoms with E-state index in [1.54, 1.807) is 6.07 Å². The van der Waals surface area contributed by atoms with Crippen molar-refractivity contribution in [2.24, 2.45) is 5.73 Å². The molecule has 0 atom stereocenters. The van der Waals surface area contributed by atoms with Crippen LogP contribution in [0.5, 0.6) is 0 Å². The molecule has 0 aliphatic carbocycles. The topological polar surface area (TPSA) is 51.0 Å². The number of para-hydroxylation sites is 1. The number of aromatic nitrogens is 1. The van der Waals surface area contributed by atoms with Crippen LogP contribution in [-0.4, -0.2) is 24.7 Å². The van der Waals surface area contributed by atoms with Crippen LogP contribution in [0, 0.1) is 5.82 Å². The number of nitrogens with two attached hydrogens (primary N) is 1. The first-order chi connectivity index (χ1) is 8.77. The number of benzene rings is 1. The standard InChI is InChI=1S/C14H17FN2O/c15-12-3-1-2-10-11(8-17-13(10)12)14(9-16)4-6-18-7-5-14/h1-3,8,17H,4-7,9,16H2. The summed E-state index contributed by atoms with van der Waals surface area (Å²) in [6.45, 7) is 2.01. The third kappa shape index (κ3) is 1.64. The maximum absolute atomic E-state index is 13.7. The molecule has 3 rings (SSSR count). The lowest BCUT2D eigenvalue weighted by molar-refractivity contribution is 0.0534. The van der Waals surface area contributed by atoms with Crippen molar-refractivity contribution < 1.29 is 9.13 Å². The third-order valence-corrected chi connectivity index (χ3v) is 4.08. The van der Waals surface area contributed by atoms with Crippen LogP contribution < -0.4 is 5.73 Å². The second kappa shape index (κ2) is 4.37. The molecule has 18 heavy (non-hydrogen) atoms. The lowest BCUT2D eigenvalue weighted by Gasteiger charge is -2.36. The van der Waals surface area contributed by atoms with Crippen LogP contribution in [0.1, 0.15) is 18.4 Å². The summed E-state index contributed by atoms with van der Waals surface area (Å²) < 4.78 is 19.1. The molecule has 1 fully saturated rings.